The van der Waals surface area contributed by atoms with Crippen LogP contribution in [0.4, 0.5) is 0 Å². The van der Waals surface area contributed by atoms with Crippen molar-refractivity contribution >= 4 is 21.5 Å². The van der Waals surface area contributed by atoms with E-state index in [1.54, 1.807) is 0 Å². The van der Waals surface area contributed by atoms with Crippen LogP contribution in [0.2, 0.25) is 0 Å². The van der Waals surface area contributed by atoms with Gasteiger partial charge in [-0.1, -0.05) is 94.5 Å². The van der Waals surface area contributed by atoms with Crippen LogP contribution in [0, 0.1) is 48.5 Å². The van der Waals surface area contributed by atoms with Crippen molar-refractivity contribution in [3.63, 3.8) is 0 Å². The Morgan fingerprint density at radius 1 is 0.333 bits per heavy atom. The van der Waals surface area contributed by atoms with Crippen molar-refractivity contribution in [1.29, 1.82) is 0 Å². The van der Waals surface area contributed by atoms with Crippen LogP contribution < -0.4 is 0 Å². The second-order valence-electron chi connectivity index (χ2n) is 10.0. The van der Waals surface area contributed by atoms with E-state index < -0.39 is 0 Å². The van der Waals surface area contributed by atoms with Crippen LogP contribution in [0.25, 0.3) is 43.8 Å². The molecule has 0 aliphatic rings. The molecule has 0 amide bonds. The summed E-state index contributed by atoms with van der Waals surface area (Å²) in [6, 6.07) is 25.7. The van der Waals surface area contributed by atoms with Gasteiger partial charge in [0.2, 0.25) is 0 Å². The molecule has 5 rings (SSSR count). The Labute approximate surface area is 197 Å². The van der Waals surface area contributed by atoms with Gasteiger partial charge in [0, 0.05) is 0 Å². The molecular formula is C33H32. The van der Waals surface area contributed by atoms with E-state index >= 15 is 0 Å². The lowest BCUT2D eigenvalue weighted by Crippen LogP contribution is -1.95. The van der Waals surface area contributed by atoms with Gasteiger partial charge in [-0.3, -0.25) is 0 Å². The molecule has 0 aliphatic heterocycles. The molecule has 0 atom stereocenters. The fraction of sp³-hybridized carbons (Fsp3) is 0.212. The molecule has 0 nitrogen and oxygen atoms in total. The van der Waals surface area contributed by atoms with E-state index in [-0.39, 0.29) is 0 Å². The molecule has 5 aromatic rings. The maximum atomic E-state index is 2.41. The quantitative estimate of drug-likeness (QED) is 0.246. The second-order valence-corrected chi connectivity index (χ2v) is 10.0. The number of aryl methyl sites for hydroxylation is 7. The minimum atomic E-state index is 1.29. The van der Waals surface area contributed by atoms with Crippen molar-refractivity contribution in [2.24, 2.45) is 0 Å². The van der Waals surface area contributed by atoms with Crippen LogP contribution in [-0.4, -0.2) is 0 Å². The van der Waals surface area contributed by atoms with Crippen LogP contribution >= 0.6 is 0 Å². The van der Waals surface area contributed by atoms with Gasteiger partial charge in [-0.15, -0.1) is 0 Å². The molecule has 0 saturated heterocycles. The molecular weight excluding hydrogens is 396 g/mol. The topological polar surface area (TPSA) is 0 Å². The van der Waals surface area contributed by atoms with Crippen LogP contribution in [0.5, 0.6) is 0 Å². The van der Waals surface area contributed by atoms with Gasteiger partial charge in [0.1, 0.15) is 0 Å². The zero-order valence-corrected chi connectivity index (χ0v) is 20.9. The predicted octanol–water partition coefficient (Wildman–Crippen LogP) is 9.49. The van der Waals surface area contributed by atoms with Gasteiger partial charge >= 0.3 is 0 Å². The molecule has 0 aliphatic carbocycles. The maximum Gasteiger partial charge on any atom is -0.00200 e. The third kappa shape index (κ3) is 3.74. The summed E-state index contributed by atoms with van der Waals surface area (Å²) in [7, 11) is 0. The molecule has 0 heterocycles. The Balaban J connectivity index is 2.10. The number of hydrogen-bond acceptors (Lipinski definition) is 0. The minimum absolute atomic E-state index is 1.29. The summed E-state index contributed by atoms with van der Waals surface area (Å²) in [6.45, 7) is 15.5. The van der Waals surface area contributed by atoms with E-state index in [1.165, 1.54) is 82.7 Å². The first-order chi connectivity index (χ1) is 15.7. The van der Waals surface area contributed by atoms with Gasteiger partial charge in [-0.05, 0) is 103 Å². The number of benzene rings is 5. The Morgan fingerprint density at radius 2 is 0.758 bits per heavy atom. The van der Waals surface area contributed by atoms with Crippen molar-refractivity contribution in [2.45, 2.75) is 48.5 Å². The molecule has 0 unspecified atom stereocenters. The molecule has 33 heavy (non-hydrogen) atoms. The normalized spacial score (nSPS) is 11.5. The standard InChI is InChI=1S/C33H32/c1-19-8-9-28-29-17-24(6)25(7)18-31(29)33(27-14-22(4)11-23(5)15-27)32(30(28)16-19)26-12-20(2)10-21(3)13-26/h8-18H,1-7H3. The molecule has 0 fully saturated rings. The Morgan fingerprint density at radius 3 is 1.24 bits per heavy atom. The van der Waals surface area contributed by atoms with E-state index in [4.69, 9.17) is 0 Å². The van der Waals surface area contributed by atoms with E-state index in [9.17, 15) is 0 Å². The zero-order chi connectivity index (χ0) is 23.4. The highest BCUT2D eigenvalue weighted by atomic mass is 14.2. The highest BCUT2D eigenvalue weighted by Crippen LogP contribution is 2.46. The predicted molar refractivity (Wildman–Crippen MR) is 145 cm³/mol. The van der Waals surface area contributed by atoms with E-state index in [0.717, 1.165) is 0 Å². The lowest BCUT2D eigenvalue weighted by atomic mass is 9.82. The summed E-state index contributed by atoms with van der Waals surface area (Å²) in [5, 5.41) is 5.36. The summed E-state index contributed by atoms with van der Waals surface area (Å²) in [4.78, 5) is 0. The van der Waals surface area contributed by atoms with Crippen LogP contribution in [0.3, 0.4) is 0 Å². The van der Waals surface area contributed by atoms with Crippen molar-refractivity contribution in [2.75, 3.05) is 0 Å². The van der Waals surface area contributed by atoms with Crippen molar-refractivity contribution in [3.8, 4) is 22.3 Å². The summed E-state index contributed by atoms with van der Waals surface area (Å²) in [6.07, 6.45) is 0. The smallest absolute Gasteiger partial charge is 0.00200 e. The summed E-state index contributed by atoms with van der Waals surface area (Å²) >= 11 is 0. The third-order valence-corrected chi connectivity index (χ3v) is 6.91. The van der Waals surface area contributed by atoms with Gasteiger partial charge in [0.15, 0.2) is 0 Å². The lowest BCUT2D eigenvalue weighted by Gasteiger charge is -2.21. The number of fused-ring (bicyclic) bond motifs is 3. The van der Waals surface area contributed by atoms with Crippen LogP contribution in [-0.2, 0) is 0 Å². The first-order valence-corrected chi connectivity index (χ1v) is 11.9. The van der Waals surface area contributed by atoms with Gasteiger partial charge < -0.3 is 0 Å². The fourth-order valence-electron chi connectivity index (χ4n) is 5.45. The Bertz CT molecular complexity index is 1520. The summed E-state index contributed by atoms with van der Waals surface area (Å²) in [5.41, 5.74) is 14.5. The zero-order valence-electron chi connectivity index (χ0n) is 20.9. The molecule has 5 aromatic carbocycles. The summed E-state index contributed by atoms with van der Waals surface area (Å²) in [5.74, 6) is 0. The molecule has 164 valence electrons. The van der Waals surface area contributed by atoms with Gasteiger partial charge in [-0.2, -0.15) is 0 Å². The van der Waals surface area contributed by atoms with Crippen LogP contribution in [0.15, 0.2) is 66.7 Å². The molecule has 0 saturated carbocycles. The first-order valence-electron chi connectivity index (χ1n) is 11.9. The van der Waals surface area contributed by atoms with E-state index in [2.05, 4.69) is 115 Å². The third-order valence-electron chi connectivity index (χ3n) is 6.91. The lowest BCUT2D eigenvalue weighted by molar-refractivity contribution is 1.36. The SMILES string of the molecule is Cc1cc(C)cc(-c2c(-c3cc(C)cc(C)c3)c3cc(C)c(C)cc3c3ccc(C)cc23)c1. The van der Waals surface area contributed by atoms with Crippen molar-refractivity contribution < 1.29 is 0 Å². The van der Waals surface area contributed by atoms with Crippen LogP contribution in [0.1, 0.15) is 38.9 Å². The number of hydrogen-bond donors (Lipinski definition) is 0. The van der Waals surface area contributed by atoms with E-state index in [0.29, 0.717) is 0 Å². The molecule has 0 bridgehead atoms. The average molecular weight is 429 g/mol. The monoisotopic (exact) mass is 428 g/mol. The molecule has 0 N–H and O–H groups in total. The van der Waals surface area contributed by atoms with Crippen molar-refractivity contribution in [3.05, 3.63) is 106 Å². The molecule has 0 aromatic heterocycles. The maximum absolute atomic E-state index is 2.41. The molecule has 0 radical (unpaired) electrons. The molecule has 0 spiro atoms. The Hall–Kier alpha value is -3.38. The largest absolute Gasteiger partial charge is 0.0587 e. The minimum Gasteiger partial charge on any atom is -0.0587 e. The van der Waals surface area contributed by atoms with E-state index in [1.807, 2.05) is 0 Å². The van der Waals surface area contributed by atoms with Gasteiger partial charge in [0.05, 0.1) is 0 Å². The highest BCUT2D eigenvalue weighted by Gasteiger charge is 2.19. The molecule has 0 heteroatoms. The average Bonchev–Trinajstić information content (AvgIpc) is 2.72. The Kier molecular flexibility index (Phi) is 5.13. The second kappa shape index (κ2) is 7.89. The first kappa shape index (κ1) is 21.5. The highest BCUT2D eigenvalue weighted by molar-refractivity contribution is 6.22. The van der Waals surface area contributed by atoms with Gasteiger partial charge in [0.25, 0.3) is 0 Å². The fourth-order valence-corrected chi connectivity index (χ4v) is 5.45. The van der Waals surface area contributed by atoms with Gasteiger partial charge in [-0.25, -0.2) is 0 Å². The summed E-state index contributed by atoms with van der Waals surface area (Å²) < 4.78 is 0. The van der Waals surface area contributed by atoms with Crippen molar-refractivity contribution in [1.82, 2.24) is 0 Å². The number of rotatable bonds is 2.